The first-order chi connectivity index (χ1) is 8.47. The second kappa shape index (κ2) is 4.97. The molecule has 0 aliphatic rings. The lowest BCUT2D eigenvalue weighted by Gasteiger charge is -2.09. The SMILES string of the molecule is Fc1cccc2c1ccn2CCNCC(F)(F)F. The van der Waals surface area contributed by atoms with E-state index in [0.717, 1.165) is 0 Å². The Kier molecular flexibility index (Phi) is 3.56. The number of fused-ring (bicyclic) bond motifs is 1. The van der Waals surface area contributed by atoms with E-state index in [1.54, 1.807) is 29.0 Å². The normalized spacial score (nSPS) is 12.2. The molecule has 0 radical (unpaired) electrons. The van der Waals surface area contributed by atoms with Gasteiger partial charge in [0.1, 0.15) is 5.82 Å². The standard InChI is InChI=1S/C12H12F4N2/c13-10-2-1-3-11-9(10)4-6-18(11)7-5-17-8-12(14,15)16/h1-4,6,17H,5,7-8H2. The van der Waals surface area contributed by atoms with Gasteiger partial charge in [0.15, 0.2) is 0 Å². The van der Waals surface area contributed by atoms with Gasteiger partial charge in [-0.15, -0.1) is 0 Å². The van der Waals surface area contributed by atoms with E-state index in [2.05, 4.69) is 5.32 Å². The summed E-state index contributed by atoms with van der Waals surface area (Å²) in [7, 11) is 0. The third kappa shape index (κ3) is 3.01. The van der Waals surface area contributed by atoms with Crippen molar-refractivity contribution in [1.82, 2.24) is 9.88 Å². The summed E-state index contributed by atoms with van der Waals surface area (Å²) in [5.41, 5.74) is 0.684. The van der Waals surface area contributed by atoms with E-state index in [4.69, 9.17) is 0 Å². The Hall–Kier alpha value is -1.56. The van der Waals surface area contributed by atoms with E-state index < -0.39 is 12.7 Å². The average Bonchev–Trinajstić information content (AvgIpc) is 2.68. The Bertz CT molecular complexity index is 530. The largest absolute Gasteiger partial charge is 0.401 e. The van der Waals surface area contributed by atoms with E-state index in [0.29, 0.717) is 17.4 Å². The minimum Gasteiger partial charge on any atom is -0.346 e. The average molecular weight is 260 g/mol. The van der Waals surface area contributed by atoms with E-state index in [1.165, 1.54) is 6.07 Å². The molecule has 0 unspecified atom stereocenters. The van der Waals surface area contributed by atoms with Gasteiger partial charge in [0, 0.05) is 24.7 Å². The maximum Gasteiger partial charge on any atom is 0.401 e. The zero-order chi connectivity index (χ0) is 13.2. The van der Waals surface area contributed by atoms with Crippen LogP contribution in [0, 0.1) is 5.82 Å². The number of alkyl halides is 3. The van der Waals surface area contributed by atoms with Crippen molar-refractivity contribution in [2.45, 2.75) is 12.7 Å². The first kappa shape index (κ1) is 12.9. The van der Waals surface area contributed by atoms with Gasteiger partial charge in [-0.1, -0.05) is 6.07 Å². The van der Waals surface area contributed by atoms with Gasteiger partial charge in [-0.05, 0) is 18.2 Å². The van der Waals surface area contributed by atoms with E-state index in [-0.39, 0.29) is 12.4 Å². The summed E-state index contributed by atoms with van der Waals surface area (Å²) in [6.07, 6.45) is -2.53. The molecule has 1 N–H and O–H groups in total. The van der Waals surface area contributed by atoms with Crippen LogP contribution in [0.1, 0.15) is 0 Å². The van der Waals surface area contributed by atoms with Gasteiger partial charge in [0.25, 0.3) is 0 Å². The Morgan fingerprint density at radius 1 is 1.17 bits per heavy atom. The smallest absolute Gasteiger partial charge is 0.346 e. The van der Waals surface area contributed by atoms with Gasteiger partial charge in [-0.2, -0.15) is 13.2 Å². The summed E-state index contributed by atoms with van der Waals surface area (Å²) < 4.78 is 50.8. The van der Waals surface area contributed by atoms with Crippen LogP contribution in [-0.2, 0) is 6.54 Å². The van der Waals surface area contributed by atoms with Crippen LogP contribution in [0.25, 0.3) is 10.9 Å². The number of halogens is 4. The lowest BCUT2D eigenvalue weighted by molar-refractivity contribution is -0.124. The molecule has 2 rings (SSSR count). The molecule has 2 aromatic rings. The molecule has 0 bridgehead atoms. The van der Waals surface area contributed by atoms with Crippen LogP contribution in [0.15, 0.2) is 30.5 Å². The number of aromatic nitrogens is 1. The van der Waals surface area contributed by atoms with Crippen molar-refractivity contribution >= 4 is 10.9 Å². The number of rotatable bonds is 4. The maximum atomic E-state index is 13.4. The first-order valence-electron chi connectivity index (χ1n) is 5.48. The number of nitrogens with zero attached hydrogens (tertiary/aromatic N) is 1. The summed E-state index contributed by atoms with van der Waals surface area (Å²) in [5.74, 6) is -0.325. The highest BCUT2D eigenvalue weighted by atomic mass is 19.4. The van der Waals surface area contributed by atoms with Gasteiger partial charge in [-0.3, -0.25) is 0 Å². The molecule has 18 heavy (non-hydrogen) atoms. The van der Waals surface area contributed by atoms with Gasteiger partial charge in [0.05, 0.1) is 12.1 Å². The van der Waals surface area contributed by atoms with Crippen LogP contribution in [0.3, 0.4) is 0 Å². The van der Waals surface area contributed by atoms with Gasteiger partial charge < -0.3 is 9.88 Å². The van der Waals surface area contributed by atoms with Crippen molar-refractivity contribution < 1.29 is 17.6 Å². The fourth-order valence-electron chi connectivity index (χ4n) is 1.81. The van der Waals surface area contributed by atoms with Crippen molar-refractivity contribution in [3.05, 3.63) is 36.3 Å². The summed E-state index contributed by atoms with van der Waals surface area (Å²) in [6, 6.07) is 6.29. The van der Waals surface area contributed by atoms with Crippen LogP contribution in [0.4, 0.5) is 17.6 Å². The Balaban J connectivity index is 1.98. The Labute approximate surface area is 101 Å². The van der Waals surface area contributed by atoms with Crippen LogP contribution >= 0.6 is 0 Å². The molecule has 2 nitrogen and oxygen atoms in total. The highest BCUT2D eigenvalue weighted by Crippen LogP contribution is 2.18. The quantitative estimate of drug-likeness (QED) is 0.660. The number of nitrogens with one attached hydrogen (secondary N) is 1. The highest BCUT2D eigenvalue weighted by molar-refractivity contribution is 5.80. The highest BCUT2D eigenvalue weighted by Gasteiger charge is 2.25. The van der Waals surface area contributed by atoms with Crippen LogP contribution < -0.4 is 5.32 Å². The van der Waals surface area contributed by atoms with Crippen LogP contribution in [0.5, 0.6) is 0 Å². The fraction of sp³-hybridized carbons (Fsp3) is 0.333. The fourth-order valence-corrected chi connectivity index (χ4v) is 1.81. The summed E-state index contributed by atoms with van der Waals surface area (Å²) in [4.78, 5) is 0. The van der Waals surface area contributed by atoms with Gasteiger partial charge >= 0.3 is 6.18 Å². The molecular weight excluding hydrogens is 248 g/mol. The van der Waals surface area contributed by atoms with Gasteiger partial charge in [-0.25, -0.2) is 4.39 Å². The predicted octanol–water partition coefficient (Wildman–Crippen LogP) is 2.93. The molecule has 1 heterocycles. The number of benzene rings is 1. The lowest BCUT2D eigenvalue weighted by Crippen LogP contribution is -2.31. The summed E-state index contributed by atoms with van der Waals surface area (Å²) in [6.45, 7) is -0.469. The molecule has 0 atom stereocenters. The third-order valence-electron chi connectivity index (χ3n) is 2.62. The zero-order valence-electron chi connectivity index (χ0n) is 9.47. The van der Waals surface area contributed by atoms with E-state index >= 15 is 0 Å². The molecule has 0 aliphatic carbocycles. The van der Waals surface area contributed by atoms with Crippen molar-refractivity contribution in [1.29, 1.82) is 0 Å². The predicted molar refractivity (Wildman–Crippen MR) is 60.8 cm³/mol. The topological polar surface area (TPSA) is 17.0 Å². The minimum atomic E-state index is -4.20. The maximum absolute atomic E-state index is 13.4. The van der Waals surface area contributed by atoms with Crippen LogP contribution in [-0.4, -0.2) is 23.8 Å². The van der Waals surface area contributed by atoms with E-state index in [9.17, 15) is 17.6 Å². The molecule has 0 saturated carbocycles. The van der Waals surface area contributed by atoms with Crippen molar-refractivity contribution in [3.8, 4) is 0 Å². The van der Waals surface area contributed by atoms with Gasteiger partial charge in [0.2, 0.25) is 0 Å². The van der Waals surface area contributed by atoms with E-state index in [1.807, 2.05) is 0 Å². The summed E-state index contributed by atoms with van der Waals surface area (Å²) in [5, 5.41) is 2.78. The summed E-state index contributed by atoms with van der Waals surface area (Å²) >= 11 is 0. The van der Waals surface area contributed by atoms with Crippen molar-refractivity contribution in [3.63, 3.8) is 0 Å². The molecule has 0 spiro atoms. The molecular formula is C12H12F4N2. The number of hydrogen-bond acceptors (Lipinski definition) is 1. The molecule has 1 aromatic heterocycles. The van der Waals surface area contributed by atoms with Crippen molar-refractivity contribution in [2.75, 3.05) is 13.1 Å². The molecule has 0 fully saturated rings. The molecule has 0 aliphatic heterocycles. The third-order valence-corrected chi connectivity index (χ3v) is 2.62. The van der Waals surface area contributed by atoms with Crippen LogP contribution in [0.2, 0.25) is 0 Å². The molecule has 6 heteroatoms. The van der Waals surface area contributed by atoms with Crippen molar-refractivity contribution in [2.24, 2.45) is 0 Å². The Morgan fingerprint density at radius 3 is 2.67 bits per heavy atom. The zero-order valence-corrected chi connectivity index (χ0v) is 9.47. The molecule has 1 aromatic carbocycles. The Morgan fingerprint density at radius 2 is 1.94 bits per heavy atom. The second-order valence-corrected chi connectivity index (χ2v) is 3.97. The number of hydrogen-bond donors (Lipinski definition) is 1. The molecule has 98 valence electrons. The lowest BCUT2D eigenvalue weighted by atomic mass is 10.2. The first-order valence-corrected chi connectivity index (χ1v) is 5.48. The minimum absolute atomic E-state index is 0.180. The molecule has 0 amide bonds. The molecule has 0 saturated heterocycles. The second-order valence-electron chi connectivity index (χ2n) is 3.97. The monoisotopic (exact) mass is 260 g/mol.